The largest absolute Gasteiger partial charge is 0.377 e. The summed E-state index contributed by atoms with van der Waals surface area (Å²) in [7, 11) is 4.03. The Hall–Kier alpha value is -1.32. The Morgan fingerprint density at radius 2 is 1.94 bits per heavy atom. The fraction of sp³-hybridized carbons (Fsp3) is 0.357. The van der Waals surface area contributed by atoms with Crippen molar-refractivity contribution < 1.29 is 0 Å². The number of rotatable bonds is 2. The summed E-state index contributed by atoms with van der Waals surface area (Å²) < 4.78 is 0. The van der Waals surface area contributed by atoms with Gasteiger partial charge in [-0.1, -0.05) is 11.6 Å². The van der Waals surface area contributed by atoms with Crippen LogP contribution in [0.4, 0.5) is 5.69 Å². The summed E-state index contributed by atoms with van der Waals surface area (Å²) in [5.41, 5.74) is 11.1. The number of nitrogens with zero attached hydrogens (tertiary/aromatic N) is 2. The Kier molecular flexibility index (Phi) is 3.46. The van der Waals surface area contributed by atoms with E-state index in [0.29, 0.717) is 6.54 Å². The highest BCUT2D eigenvalue weighted by molar-refractivity contribution is 6.31. The molecule has 2 N–H and O–H groups in total. The lowest BCUT2D eigenvalue weighted by atomic mass is 10.0. The molecule has 0 aliphatic carbocycles. The first kappa shape index (κ1) is 13.1. The molecule has 0 saturated heterocycles. The lowest BCUT2D eigenvalue weighted by Gasteiger charge is -2.21. The van der Waals surface area contributed by atoms with Crippen LogP contribution in [0.2, 0.25) is 5.02 Å². The fourth-order valence-corrected chi connectivity index (χ4v) is 2.66. The summed E-state index contributed by atoms with van der Waals surface area (Å²) in [6, 6.07) is 3.91. The molecule has 1 heterocycles. The predicted molar refractivity (Wildman–Crippen MR) is 78.4 cm³/mol. The van der Waals surface area contributed by atoms with Gasteiger partial charge in [-0.25, -0.2) is 0 Å². The molecule has 0 amide bonds. The van der Waals surface area contributed by atoms with Crippen LogP contribution >= 0.6 is 11.6 Å². The van der Waals surface area contributed by atoms with Gasteiger partial charge in [0.05, 0.1) is 11.2 Å². The molecule has 2 rings (SSSR count). The van der Waals surface area contributed by atoms with Gasteiger partial charge in [-0.05, 0) is 31.5 Å². The maximum Gasteiger partial charge on any atom is 0.0756 e. The zero-order valence-corrected chi connectivity index (χ0v) is 12.0. The molecular weight excluding hydrogens is 246 g/mol. The maximum atomic E-state index is 6.16. The molecule has 0 unspecified atom stereocenters. The maximum absolute atomic E-state index is 6.16. The van der Waals surface area contributed by atoms with Gasteiger partial charge < -0.3 is 10.6 Å². The van der Waals surface area contributed by atoms with Crippen LogP contribution in [0, 0.1) is 13.8 Å². The van der Waals surface area contributed by atoms with Crippen molar-refractivity contribution in [3.8, 4) is 0 Å². The quantitative estimate of drug-likeness (QED) is 0.906. The zero-order valence-electron chi connectivity index (χ0n) is 11.2. The van der Waals surface area contributed by atoms with Gasteiger partial charge in [-0.15, -0.1) is 0 Å². The van der Waals surface area contributed by atoms with Crippen LogP contribution in [-0.2, 0) is 6.54 Å². The number of fused-ring (bicyclic) bond motifs is 1. The number of halogens is 1. The molecule has 18 heavy (non-hydrogen) atoms. The molecule has 0 bridgehead atoms. The lowest BCUT2D eigenvalue weighted by Crippen LogP contribution is -2.16. The molecule has 0 saturated carbocycles. The number of anilines is 1. The summed E-state index contributed by atoms with van der Waals surface area (Å²) in [5.74, 6) is 0. The third-order valence-electron chi connectivity index (χ3n) is 3.17. The number of nitrogens with two attached hydrogens (primary N) is 1. The highest BCUT2D eigenvalue weighted by Crippen LogP contribution is 2.33. The Labute approximate surface area is 113 Å². The normalized spacial score (nSPS) is 11.0. The number of hydrogen-bond donors (Lipinski definition) is 1. The van der Waals surface area contributed by atoms with Crippen molar-refractivity contribution in [1.82, 2.24) is 4.98 Å². The third kappa shape index (κ3) is 2.04. The fourth-order valence-electron chi connectivity index (χ4n) is 2.39. The van der Waals surface area contributed by atoms with E-state index in [0.717, 1.165) is 38.4 Å². The first-order valence-electron chi connectivity index (χ1n) is 5.92. The third-order valence-corrected chi connectivity index (χ3v) is 3.39. The Morgan fingerprint density at radius 3 is 2.50 bits per heavy atom. The van der Waals surface area contributed by atoms with E-state index in [9.17, 15) is 0 Å². The van der Waals surface area contributed by atoms with E-state index in [1.807, 2.05) is 40.1 Å². The number of benzene rings is 1. The molecule has 4 heteroatoms. The number of aryl methyl sites for hydroxylation is 2. The summed E-state index contributed by atoms with van der Waals surface area (Å²) >= 11 is 6.16. The minimum absolute atomic E-state index is 0.480. The molecule has 0 fully saturated rings. The first-order chi connectivity index (χ1) is 8.45. The minimum Gasteiger partial charge on any atom is -0.377 e. The Balaban J connectivity index is 2.97. The van der Waals surface area contributed by atoms with Crippen LogP contribution < -0.4 is 10.6 Å². The lowest BCUT2D eigenvalue weighted by molar-refractivity contribution is 0.992. The van der Waals surface area contributed by atoms with Crippen LogP contribution in [0.1, 0.15) is 16.8 Å². The first-order valence-corrected chi connectivity index (χ1v) is 6.30. The second-order valence-electron chi connectivity index (χ2n) is 4.74. The Morgan fingerprint density at radius 1 is 1.28 bits per heavy atom. The molecule has 96 valence electrons. The topological polar surface area (TPSA) is 42.2 Å². The van der Waals surface area contributed by atoms with Gasteiger partial charge in [0.25, 0.3) is 0 Å². The van der Waals surface area contributed by atoms with E-state index in [2.05, 4.69) is 9.88 Å². The highest BCUT2D eigenvalue weighted by atomic mass is 35.5. The molecule has 1 aromatic heterocycles. The van der Waals surface area contributed by atoms with Crippen molar-refractivity contribution in [2.24, 2.45) is 5.73 Å². The summed E-state index contributed by atoms with van der Waals surface area (Å²) in [5, 5.41) is 1.80. The van der Waals surface area contributed by atoms with Gasteiger partial charge in [-0.3, -0.25) is 4.98 Å². The molecule has 0 atom stereocenters. The summed E-state index contributed by atoms with van der Waals surface area (Å²) in [6.45, 7) is 4.51. The number of pyridine rings is 1. The molecular formula is C14H18ClN3. The zero-order chi connectivity index (χ0) is 13.4. The van der Waals surface area contributed by atoms with E-state index < -0.39 is 0 Å². The van der Waals surface area contributed by atoms with E-state index >= 15 is 0 Å². The summed E-state index contributed by atoms with van der Waals surface area (Å²) in [6.07, 6.45) is 0. The molecule has 0 aliphatic heterocycles. The van der Waals surface area contributed by atoms with Crippen molar-refractivity contribution in [3.05, 3.63) is 34.0 Å². The van der Waals surface area contributed by atoms with Crippen molar-refractivity contribution in [2.45, 2.75) is 20.4 Å². The van der Waals surface area contributed by atoms with Crippen LogP contribution in [0.25, 0.3) is 10.9 Å². The van der Waals surface area contributed by atoms with Gasteiger partial charge in [0.2, 0.25) is 0 Å². The van der Waals surface area contributed by atoms with Crippen molar-refractivity contribution in [2.75, 3.05) is 19.0 Å². The summed E-state index contributed by atoms with van der Waals surface area (Å²) in [4.78, 5) is 6.74. The van der Waals surface area contributed by atoms with Crippen LogP contribution in [0.3, 0.4) is 0 Å². The van der Waals surface area contributed by atoms with Crippen molar-refractivity contribution in [3.63, 3.8) is 0 Å². The highest BCUT2D eigenvalue weighted by Gasteiger charge is 2.15. The van der Waals surface area contributed by atoms with Gasteiger partial charge >= 0.3 is 0 Å². The minimum atomic E-state index is 0.480. The molecule has 0 aliphatic rings. The van der Waals surface area contributed by atoms with Crippen LogP contribution in [-0.4, -0.2) is 19.1 Å². The second kappa shape index (κ2) is 4.75. The Bertz CT molecular complexity index is 606. The number of aromatic nitrogens is 1. The predicted octanol–water partition coefficient (Wildman–Crippen LogP) is 3.03. The average molecular weight is 264 g/mol. The average Bonchev–Trinajstić information content (AvgIpc) is 2.28. The van der Waals surface area contributed by atoms with E-state index in [-0.39, 0.29) is 0 Å². The van der Waals surface area contributed by atoms with Gasteiger partial charge in [0.1, 0.15) is 0 Å². The van der Waals surface area contributed by atoms with Crippen molar-refractivity contribution >= 4 is 28.2 Å². The van der Waals surface area contributed by atoms with Crippen LogP contribution in [0.5, 0.6) is 0 Å². The van der Waals surface area contributed by atoms with Crippen molar-refractivity contribution in [1.29, 1.82) is 0 Å². The van der Waals surface area contributed by atoms with E-state index in [4.69, 9.17) is 17.3 Å². The standard InChI is InChI=1S/C14H18ClN3/c1-8-5-10(15)6-11-13(8)17-9(2)12(7-16)14(11)18(3)4/h5-6H,7,16H2,1-4H3. The number of hydrogen-bond acceptors (Lipinski definition) is 3. The van der Waals surface area contributed by atoms with E-state index in [1.54, 1.807) is 0 Å². The van der Waals surface area contributed by atoms with Gasteiger partial charge in [-0.2, -0.15) is 0 Å². The van der Waals surface area contributed by atoms with Crippen LogP contribution in [0.15, 0.2) is 12.1 Å². The molecule has 3 nitrogen and oxygen atoms in total. The smallest absolute Gasteiger partial charge is 0.0756 e. The molecule has 2 aromatic rings. The monoisotopic (exact) mass is 263 g/mol. The second-order valence-corrected chi connectivity index (χ2v) is 5.18. The molecule has 1 aromatic carbocycles. The SMILES string of the molecule is Cc1nc2c(C)cc(Cl)cc2c(N(C)C)c1CN. The van der Waals surface area contributed by atoms with Gasteiger partial charge in [0.15, 0.2) is 0 Å². The molecule has 0 spiro atoms. The van der Waals surface area contributed by atoms with Gasteiger partial charge in [0, 0.05) is 42.3 Å². The molecule has 0 radical (unpaired) electrons. The van der Waals surface area contributed by atoms with E-state index in [1.165, 1.54) is 0 Å².